The van der Waals surface area contributed by atoms with Crippen molar-refractivity contribution in [3.8, 4) is 11.1 Å². The number of rotatable bonds is 3. The van der Waals surface area contributed by atoms with Crippen LogP contribution in [0.1, 0.15) is 33.8 Å². The van der Waals surface area contributed by atoms with Crippen molar-refractivity contribution < 1.29 is 19.8 Å². The molecule has 2 aromatic rings. The maximum absolute atomic E-state index is 11.4. The van der Waals surface area contributed by atoms with E-state index >= 15 is 0 Å². The number of carboxylic acid groups (broad SMARTS) is 2. The molecule has 0 amide bonds. The van der Waals surface area contributed by atoms with Gasteiger partial charge in [-0.15, -0.1) is 0 Å². The minimum absolute atomic E-state index is 0.103. The predicted octanol–water partition coefficient (Wildman–Crippen LogP) is 2.97. The number of benzene rings is 2. The maximum Gasteiger partial charge on any atom is 0.336 e. The highest BCUT2D eigenvalue weighted by molar-refractivity contribution is 5.95. The van der Waals surface area contributed by atoms with E-state index in [4.69, 9.17) is 5.11 Å². The first-order valence-corrected chi connectivity index (χ1v) is 6.27. The summed E-state index contributed by atoms with van der Waals surface area (Å²) in [6, 6.07) is 12.6. The number of carbonyl (C=O) groups is 2. The largest absolute Gasteiger partial charge is 0.481 e. The fraction of sp³-hybridized carbons (Fsp3) is 0.125. The van der Waals surface area contributed by atoms with E-state index in [1.165, 1.54) is 6.07 Å². The average Bonchev–Trinajstić information content (AvgIpc) is 2.73. The van der Waals surface area contributed by atoms with Gasteiger partial charge in [0.1, 0.15) is 0 Å². The number of fused-ring (bicyclic) bond motifs is 3. The summed E-state index contributed by atoms with van der Waals surface area (Å²) in [6.07, 6.45) is -0.103. The minimum atomic E-state index is -1.02. The number of hydrogen-bond donors (Lipinski definition) is 2. The van der Waals surface area contributed by atoms with E-state index in [-0.39, 0.29) is 12.0 Å². The second-order valence-electron chi connectivity index (χ2n) is 4.81. The van der Waals surface area contributed by atoms with Crippen molar-refractivity contribution in [2.24, 2.45) is 0 Å². The molecule has 2 aromatic carbocycles. The molecular formula is C16H12O4. The van der Waals surface area contributed by atoms with Crippen LogP contribution in [0.3, 0.4) is 0 Å². The fourth-order valence-corrected chi connectivity index (χ4v) is 2.95. The van der Waals surface area contributed by atoms with Crippen molar-refractivity contribution in [1.29, 1.82) is 0 Å². The highest BCUT2D eigenvalue weighted by Crippen LogP contribution is 2.47. The molecule has 0 spiro atoms. The third kappa shape index (κ3) is 1.77. The molecule has 2 N–H and O–H groups in total. The topological polar surface area (TPSA) is 74.6 Å². The first-order valence-electron chi connectivity index (χ1n) is 6.27. The molecule has 4 heteroatoms. The summed E-state index contributed by atoms with van der Waals surface area (Å²) in [7, 11) is 0. The molecule has 1 unspecified atom stereocenters. The highest BCUT2D eigenvalue weighted by Gasteiger charge is 2.33. The van der Waals surface area contributed by atoms with Gasteiger partial charge in [-0.05, 0) is 28.3 Å². The first-order chi connectivity index (χ1) is 9.59. The Morgan fingerprint density at radius 1 is 0.950 bits per heavy atom. The molecular weight excluding hydrogens is 256 g/mol. The van der Waals surface area contributed by atoms with Crippen molar-refractivity contribution in [2.45, 2.75) is 12.3 Å². The fourth-order valence-electron chi connectivity index (χ4n) is 2.95. The van der Waals surface area contributed by atoms with Gasteiger partial charge in [0.15, 0.2) is 0 Å². The third-order valence-electron chi connectivity index (χ3n) is 3.69. The van der Waals surface area contributed by atoms with E-state index < -0.39 is 17.9 Å². The Morgan fingerprint density at radius 2 is 1.65 bits per heavy atom. The highest BCUT2D eigenvalue weighted by atomic mass is 16.4. The molecule has 1 atom stereocenters. The number of hydrogen-bond acceptors (Lipinski definition) is 2. The Kier molecular flexibility index (Phi) is 2.79. The molecule has 100 valence electrons. The summed E-state index contributed by atoms with van der Waals surface area (Å²) in [6.45, 7) is 0. The SMILES string of the molecule is O=C(O)CC1c2ccccc2-c2cccc(C(=O)O)c21. The summed E-state index contributed by atoms with van der Waals surface area (Å²) in [4.78, 5) is 22.5. The zero-order valence-corrected chi connectivity index (χ0v) is 10.5. The number of aromatic carboxylic acids is 1. The molecule has 3 rings (SSSR count). The molecule has 0 aromatic heterocycles. The number of carboxylic acids is 2. The van der Waals surface area contributed by atoms with Crippen LogP contribution in [0.4, 0.5) is 0 Å². The lowest BCUT2D eigenvalue weighted by Gasteiger charge is -2.13. The normalized spacial score (nSPS) is 15.5. The summed E-state index contributed by atoms with van der Waals surface area (Å²) < 4.78 is 0. The van der Waals surface area contributed by atoms with Crippen LogP contribution < -0.4 is 0 Å². The Labute approximate surface area is 115 Å². The van der Waals surface area contributed by atoms with Gasteiger partial charge in [-0.3, -0.25) is 4.79 Å². The molecule has 0 radical (unpaired) electrons. The second kappa shape index (κ2) is 4.49. The molecule has 1 aliphatic rings. The molecule has 1 aliphatic carbocycles. The van der Waals surface area contributed by atoms with Crippen LogP contribution in [0.2, 0.25) is 0 Å². The summed E-state index contributed by atoms with van der Waals surface area (Å²) in [5.74, 6) is -2.35. The lowest BCUT2D eigenvalue weighted by atomic mass is 9.90. The zero-order chi connectivity index (χ0) is 14.3. The van der Waals surface area contributed by atoms with E-state index in [0.717, 1.165) is 16.7 Å². The van der Waals surface area contributed by atoms with Crippen molar-refractivity contribution in [2.75, 3.05) is 0 Å². The van der Waals surface area contributed by atoms with Crippen LogP contribution in [-0.2, 0) is 4.79 Å². The quantitative estimate of drug-likeness (QED) is 0.897. The Bertz CT molecular complexity index is 718. The summed E-state index contributed by atoms with van der Waals surface area (Å²) in [5, 5.41) is 18.4. The van der Waals surface area contributed by atoms with E-state index in [9.17, 15) is 14.7 Å². The molecule has 0 heterocycles. The molecule has 20 heavy (non-hydrogen) atoms. The van der Waals surface area contributed by atoms with Gasteiger partial charge in [-0.1, -0.05) is 36.4 Å². The van der Waals surface area contributed by atoms with Crippen LogP contribution in [0.15, 0.2) is 42.5 Å². The lowest BCUT2D eigenvalue weighted by Crippen LogP contribution is -2.10. The predicted molar refractivity (Wildman–Crippen MR) is 72.9 cm³/mol. The molecule has 0 aliphatic heterocycles. The minimum Gasteiger partial charge on any atom is -0.481 e. The van der Waals surface area contributed by atoms with Crippen LogP contribution in [0.5, 0.6) is 0 Å². The first kappa shape index (κ1) is 12.4. The van der Waals surface area contributed by atoms with E-state index in [1.54, 1.807) is 6.07 Å². The van der Waals surface area contributed by atoms with Crippen molar-refractivity contribution in [1.82, 2.24) is 0 Å². The van der Waals surface area contributed by atoms with Gasteiger partial charge >= 0.3 is 11.9 Å². The Balaban J connectivity index is 2.28. The molecule has 0 fully saturated rings. The average molecular weight is 268 g/mol. The van der Waals surface area contributed by atoms with Crippen LogP contribution in [0, 0.1) is 0 Å². The van der Waals surface area contributed by atoms with Crippen molar-refractivity contribution in [3.05, 3.63) is 59.2 Å². The summed E-state index contributed by atoms with van der Waals surface area (Å²) >= 11 is 0. The van der Waals surface area contributed by atoms with E-state index in [0.29, 0.717) is 5.56 Å². The Morgan fingerprint density at radius 3 is 2.35 bits per heavy atom. The second-order valence-corrected chi connectivity index (χ2v) is 4.81. The molecule has 0 bridgehead atoms. The van der Waals surface area contributed by atoms with E-state index in [2.05, 4.69) is 0 Å². The monoisotopic (exact) mass is 268 g/mol. The zero-order valence-electron chi connectivity index (χ0n) is 10.5. The third-order valence-corrected chi connectivity index (χ3v) is 3.69. The van der Waals surface area contributed by atoms with Crippen LogP contribution in [-0.4, -0.2) is 22.2 Å². The standard InChI is InChI=1S/C16H12O4/c17-14(18)8-13-10-5-2-1-4-9(10)11-6-3-7-12(15(11)13)16(19)20/h1-7,13H,8H2,(H,17,18)(H,19,20). The molecule has 0 saturated heterocycles. The van der Waals surface area contributed by atoms with Gasteiger partial charge < -0.3 is 10.2 Å². The maximum atomic E-state index is 11.4. The van der Waals surface area contributed by atoms with Crippen molar-refractivity contribution in [3.63, 3.8) is 0 Å². The summed E-state index contributed by atoms with van der Waals surface area (Å²) in [5.41, 5.74) is 3.44. The van der Waals surface area contributed by atoms with E-state index in [1.807, 2.05) is 30.3 Å². The van der Waals surface area contributed by atoms with Gasteiger partial charge in [-0.2, -0.15) is 0 Å². The molecule has 4 nitrogen and oxygen atoms in total. The van der Waals surface area contributed by atoms with Crippen LogP contribution >= 0.6 is 0 Å². The smallest absolute Gasteiger partial charge is 0.336 e. The lowest BCUT2D eigenvalue weighted by molar-refractivity contribution is -0.137. The van der Waals surface area contributed by atoms with Gasteiger partial charge in [-0.25, -0.2) is 4.79 Å². The Hall–Kier alpha value is -2.62. The van der Waals surface area contributed by atoms with Gasteiger partial charge in [0.2, 0.25) is 0 Å². The van der Waals surface area contributed by atoms with Gasteiger partial charge in [0.05, 0.1) is 12.0 Å². The van der Waals surface area contributed by atoms with Gasteiger partial charge in [0, 0.05) is 5.92 Å². The number of aliphatic carboxylic acids is 1. The molecule has 0 saturated carbocycles. The van der Waals surface area contributed by atoms with Crippen molar-refractivity contribution >= 4 is 11.9 Å². The van der Waals surface area contributed by atoms with Gasteiger partial charge in [0.25, 0.3) is 0 Å². The van der Waals surface area contributed by atoms with Crippen LogP contribution in [0.25, 0.3) is 11.1 Å².